The predicted octanol–water partition coefficient (Wildman–Crippen LogP) is 2.48. The number of hydrogen-bond acceptors (Lipinski definition) is 2. The van der Waals surface area contributed by atoms with Crippen molar-refractivity contribution in [2.24, 2.45) is 0 Å². The molecule has 2 aromatic rings. The van der Waals surface area contributed by atoms with Crippen molar-refractivity contribution in [3.05, 3.63) is 40.6 Å². The molecule has 0 spiro atoms. The van der Waals surface area contributed by atoms with E-state index in [2.05, 4.69) is 27.5 Å². The van der Waals surface area contributed by atoms with Crippen LogP contribution in [0.1, 0.15) is 10.6 Å². The van der Waals surface area contributed by atoms with Crippen molar-refractivity contribution in [3.8, 4) is 0 Å². The second kappa shape index (κ2) is 4.28. The minimum atomic E-state index is 0. The summed E-state index contributed by atoms with van der Waals surface area (Å²) in [5, 5.41) is 2.09. The van der Waals surface area contributed by atoms with Crippen LogP contribution < -0.4 is 0 Å². The van der Waals surface area contributed by atoms with Gasteiger partial charge in [-0.3, -0.25) is 0 Å². The number of halogens is 1. The molecule has 12 heavy (non-hydrogen) atoms. The molecule has 0 atom stereocenters. The van der Waals surface area contributed by atoms with Crippen LogP contribution in [0.3, 0.4) is 0 Å². The maximum absolute atomic E-state index is 3.95. The third kappa shape index (κ3) is 2.09. The average molecular weight is 201 g/mol. The molecule has 1 N–H and O–H groups in total. The highest BCUT2D eigenvalue weighted by molar-refractivity contribution is 7.09. The lowest BCUT2D eigenvalue weighted by Gasteiger charge is -1.90. The zero-order chi connectivity index (χ0) is 7.52. The van der Waals surface area contributed by atoms with Crippen LogP contribution in [-0.4, -0.2) is 9.97 Å². The van der Waals surface area contributed by atoms with E-state index in [9.17, 15) is 0 Å². The van der Waals surface area contributed by atoms with E-state index in [4.69, 9.17) is 0 Å². The monoisotopic (exact) mass is 200 g/mol. The van der Waals surface area contributed by atoms with Gasteiger partial charge in [0.15, 0.2) is 0 Å². The Hall–Kier alpha value is -0.800. The Morgan fingerprint density at radius 2 is 2.42 bits per heavy atom. The first-order chi connectivity index (χ1) is 5.45. The summed E-state index contributed by atoms with van der Waals surface area (Å²) in [7, 11) is 0. The Labute approximate surface area is 81.1 Å². The first kappa shape index (κ1) is 9.29. The lowest BCUT2D eigenvalue weighted by Crippen LogP contribution is -1.82. The first-order valence-corrected chi connectivity index (χ1v) is 4.33. The summed E-state index contributed by atoms with van der Waals surface area (Å²) in [6.45, 7) is 0. The molecule has 0 bridgehead atoms. The first-order valence-electron chi connectivity index (χ1n) is 3.45. The van der Waals surface area contributed by atoms with Crippen LogP contribution >= 0.6 is 23.7 Å². The Morgan fingerprint density at radius 1 is 1.50 bits per heavy atom. The van der Waals surface area contributed by atoms with E-state index in [0.29, 0.717) is 0 Å². The predicted molar refractivity (Wildman–Crippen MR) is 53.0 cm³/mol. The van der Waals surface area contributed by atoms with E-state index in [-0.39, 0.29) is 12.4 Å². The summed E-state index contributed by atoms with van der Waals surface area (Å²) in [5.41, 5.74) is 1.17. The number of hydrogen-bond donors (Lipinski definition) is 1. The van der Waals surface area contributed by atoms with Gasteiger partial charge in [0.2, 0.25) is 0 Å². The van der Waals surface area contributed by atoms with Gasteiger partial charge in [0, 0.05) is 23.2 Å². The van der Waals surface area contributed by atoms with E-state index in [1.807, 2.05) is 6.20 Å². The quantitative estimate of drug-likeness (QED) is 0.793. The molecule has 2 nitrogen and oxygen atoms in total. The fourth-order valence-electron chi connectivity index (χ4n) is 0.982. The maximum atomic E-state index is 3.95. The van der Waals surface area contributed by atoms with Crippen molar-refractivity contribution >= 4 is 23.7 Å². The van der Waals surface area contributed by atoms with Gasteiger partial charge >= 0.3 is 0 Å². The molecule has 0 unspecified atom stereocenters. The second-order valence-electron chi connectivity index (χ2n) is 2.33. The molecule has 0 aromatic carbocycles. The molecule has 64 valence electrons. The van der Waals surface area contributed by atoms with Gasteiger partial charge in [0.05, 0.1) is 6.33 Å². The van der Waals surface area contributed by atoms with Gasteiger partial charge in [-0.25, -0.2) is 4.98 Å². The molecule has 2 heterocycles. The number of nitrogens with one attached hydrogen (secondary N) is 1. The van der Waals surface area contributed by atoms with Gasteiger partial charge < -0.3 is 4.98 Å². The van der Waals surface area contributed by atoms with E-state index in [0.717, 1.165) is 6.42 Å². The highest BCUT2D eigenvalue weighted by Gasteiger charge is 1.96. The van der Waals surface area contributed by atoms with Gasteiger partial charge in [-0.05, 0) is 11.4 Å². The van der Waals surface area contributed by atoms with Crippen molar-refractivity contribution in [2.45, 2.75) is 6.42 Å². The van der Waals surface area contributed by atoms with Gasteiger partial charge in [-0.15, -0.1) is 23.7 Å². The zero-order valence-corrected chi connectivity index (χ0v) is 7.99. The van der Waals surface area contributed by atoms with Crippen LogP contribution in [-0.2, 0) is 6.42 Å². The lowest BCUT2D eigenvalue weighted by molar-refractivity contribution is 1.13. The third-order valence-corrected chi connectivity index (χ3v) is 2.38. The molecule has 0 aliphatic rings. The largest absolute Gasteiger partial charge is 0.348 e. The van der Waals surface area contributed by atoms with E-state index < -0.39 is 0 Å². The van der Waals surface area contributed by atoms with Crippen LogP contribution in [0.2, 0.25) is 0 Å². The Balaban J connectivity index is 0.000000720. The highest BCUT2D eigenvalue weighted by atomic mass is 35.5. The van der Waals surface area contributed by atoms with Gasteiger partial charge in [0.25, 0.3) is 0 Å². The van der Waals surface area contributed by atoms with Crippen molar-refractivity contribution in [1.82, 2.24) is 9.97 Å². The number of aromatic nitrogens is 2. The van der Waals surface area contributed by atoms with Gasteiger partial charge in [-0.2, -0.15) is 0 Å². The van der Waals surface area contributed by atoms with E-state index in [1.165, 1.54) is 10.6 Å². The van der Waals surface area contributed by atoms with Crippen molar-refractivity contribution in [1.29, 1.82) is 0 Å². The molecule has 0 saturated heterocycles. The van der Waals surface area contributed by atoms with Crippen LogP contribution in [0.25, 0.3) is 0 Å². The fourth-order valence-corrected chi connectivity index (χ4v) is 1.71. The zero-order valence-electron chi connectivity index (χ0n) is 6.36. The Bertz CT molecular complexity index is 269. The molecule has 2 rings (SSSR count). The van der Waals surface area contributed by atoms with Gasteiger partial charge in [0.1, 0.15) is 0 Å². The second-order valence-corrected chi connectivity index (χ2v) is 3.37. The third-order valence-electron chi connectivity index (χ3n) is 1.50. The molecule has 0 radical (unpaired) electrons. The average Bonchev–Trinajstić information content (AvgIpc) is 2.60. The SMILES string of the molecule is Cl.c1csc(Cc2cnc[nH]2)c1. The lowest BCUT2D eigenvalue weighted by atomic mass is 10.3. The molecule has 0 aliphatic heterocycles. The number of H-pyrrole nitrogens is 1. The van der Waals surface area contributed by atoms with E-state index >= 15 is 0 Å². The van der Waals surface area contributed by atoms with Crippen molar-refractivity contribution in [2.75, 3.05) is 0 Å². The summed E-state index contributed by atoms with van der Waals surface area (Å²) >= 11 is 1.77. The summed E-state index contributed by atoms with van der Waals surface area (Å²) in [5.74, 6) is 0. The molecule has 0 aliphatic carbocycles. The minimum absolute atomic E-state index is 0. The standard InChI is InChI=1S/C8H8N2S.ClH/c1-2-8(11-3-1)4-7-5-9-6-10-7;/h1-3,5-6H,4H2,(H,9,10);1H. The molecule has 0 saturated carbocycles. The number of nitrogens with zero attached hydrogens (tertiary/aromatic N) is 1. The molecular weight excluding hydrogens is 192 g/mol. The summed E-state index contributed by atoms with van der Waals surface area (Å²) in [6.07, 6.45) is 4.54. The molecule has 0 fully saturated rings. The highest BCUT2D eigenvalue weighted by Crippen LogP contribution is 2.12. The Kier molecular flexibility index (Phi) is 3.31. The molecular formula is C8H9ClN2S. The number of aromatic amines is 1. The fraction of sp³-hybridized carbons (Fsp3) is 0.125. The van der Waals surface area contributed by atoms with Crippen LogP contribution in [0, 0.1) is 0 Å². The molecule has 4 heteroatoms. The maximum Gasteiger partial charge on any atom is 0.0921 e. The van der Waals surface area contributed by atoms with Crippen LogP contribution in [0.4, 0.5) is 0 Å². The number of thiophene rings is 1. The minimum Gasteiger partial charge on any atom is -0.348 e. The number of rotatable bonds is 2. The van der Waals surface area contributed by atoms with Crippen LogP contribution in [0.5, 0.6) is 0 Å². The van der Waals surface area contributed by atoms with E-state index in [1.54, 1.807) is 17.7 Å². The summed E-state index contributed by atoms with van der Waals surface area (Å²) < 4.78 is 0. The summed E-state index contributed by atoms with van der Waals surface area (Å²) in [4.78, 5) is 8.39. The number of imidazole rings is 1. The topological polar surface area (TPSA) is 28.7 Å². The smallest absolute Gasteiger partial charge is 0.0921 e. The normalized spacial score (nSPS) is 9.33. The Morgan fingerprint density at radius 3 is 3.00 bits per heavy atom. The van der Waals surface area contributed by atoms with Crippen molar-refractivity contribution < 1.29 is 0 Å². The molecule has 0 amide bonds. The van der Waals surface area contributed by atoms with Crippen molar-refractivity contribution in [3.63, 3.8) is 0 Å². The van der Waals surface area contributed by atoms with Gasteiger partial charge in [-0.1, -0.05) is 6.07 Å². The summed E-state index contributed by atoms with van der Waals surface area (Å²) in [6, 6.07) is 4.20. The van der Waals surface area contributed by atoms with Crippen LogP contribution in [0.15, 0.2) is 30.0 Å². The molecule has 2 aromatic heterocycles.